The van der Waals surface area contributed by atoms with Crippen LogP contribution in [0.5, 0.6) is 0 Å². The molecule has 0 spiro atoms. The molecule has 0 bridgehead atoms. The van der Waals surface area contributed by atoms with Gasteiger partial charge < -0.3 is 5.32 Å². The van der Waals surface area contributed by atoms with Crippen LogP contribution in [0.15, 0.2) is 12.4 Å². The summed E-state index contributed by atoms with van der Waals surface area (Å²) in [7, 11) is -3.30. The first kappa shape index (κ1) is 12.4. The second kappa shape index (κ2) is 5.05. The third-order valence-corrected chi connectivity index (χ3v) is 4.71. The molecule has 2 N–H and O–H groups in total. The molecule has 0 aromatic carbocycles. The highest BCUT2D eigenvalue weighted by atomic mass is 32.2. The summed E-state index contributed by atoms with van der Waals surface area (Å²) < 4.78 is 28.4. The zero-order chi connectivity index (χ0) is 12.3. The van der Waals surface area contributed by atoms with Gasteiger partial charge in [0.05, 0.1) is 17.1 Å². The normalized spacial score (nSPS) is 21.4. The van der Waals surface area contributed by atoms with E-state index < -0.39 is 10.0 Å². The number of piperidine rings is 1. The van der Waals surface area contributed by atoms with Crippen molar-refractivity contribution in [2.45, 2.75) is 31.6 Å². The topological polar surface area (TPSA) is 76.0 Å². The highest BCUT2D eigenvalue weighted by Gasteiger charge is 2.27. The van der Waals surface area contributed by atoms with Gasteiger partial charge in [0.1, 0.15) is 0 Å². The molecule has 7 heteroatoms. The summed E-state index contributed by atoms with van der Waals surface area (Å²) in [5.41, 5.74) is 0.539. The Bertz CT molecular complexity index is 462. The van der Waals surface area contributed by atoms with Crippen molar-refractivity contribution < 1.29 is 8.42 Å². The van der Waals surface area contributed by atoms with Gasteiger partial charge in [-0.2, -0.15) is 5.10 Å². The second-order valence-corrected chi connectivity index (χ2v) is 6.16. The molecule has 0 aliphatic carbocycles. The van der Waals surface area contributed by atoms with Gasteiger partial charge in [0.2, 0.25) is 10.0 Å². The number of nitrogens with zero attached hydrogens (tertiary/aromatic N) is 2. The van der Waals surface area contributed by atoms with Crippen LogP contribution in [0, 0.1) is 0 Å². The van der Waals surface area contributed by atoms with Crippen molar-refractivity contribution in [1.29, 1.82) is 0 Å². The Morgan fingerprint density at radius 3 is 3.06 bits per heavy atom. The quantitative estimate of drug-likeness (QED) is 0.819. The molecule has 1 fully saturated rings. The van der Waals surface area contributed by atoms with Crippen LogP contribution in [0.4, 0.5) is 5.69 Å². The maximum atomic E-state index is 12.1. The third-order valence-electron chi connectivity index (χ3n) is 2.91. The number of aryl methyl sites for hydroxylation is 1. The molecule has 0 saturated carbocycles. The van der Waals surface area contributed by atoms with E-state index in [0.29, 0.717) is 18.7 Å². The van der Waals surface area contributed by atoms with Crippen LogP contribution in [0.25, 0.3) is 0 Å². The molecule has 1 atom stereocenters. The van der Waals surface area contributed by atoms with E-state index in [4.69, 9.17) is 0 Å². The molecule has 2 heterocycles. The van der Waals surface area contributed by atoms with Gasteiger partial charge in [-0.25, -0.2) is 8.42 Å². The van der Waals surface area contributed by atoms with Crippen molar-refractivity contribution in [3.63, 3.8) is 0 Å². The molecule has 0 amide bonds. The van der Waals surface area contributed by atoms with Gasteiger partial charge in [-0.05, 0) is 26.3 Å². The molecule has 1 aromatic rings. The molecule has 6 nitrogen and oxygen atoms in total. The molecule has 2 rings (SSSR count). The molecule has 1 aliphatic heterocycles. The highest BCUT2D eigenvalue weighted by molar-refractivity contribution is 7.93. The molecule has 1 aliphatic rings. The van der Waals surface area contributed by atoms with Gasteiger partial charge in [-0.15, -0.1) is 0 Å². The average Bonchev–Trinajstić information content (AvgIpc) is 2.77. The first-order chi connectivity index (χ1) is 8.12. The Labute approximate surface area is 101 Å². The minimum absolute atomic E-state index is 0.346. The predicted molar refractivity (Wildman–Crippen MR) is 66.3 cm³/mol. The van der Waals surface area contributed by atoms with E-state index in [0.717, 1.165) is 19.5 Å². The van der Waals surface area contributed by atoms with Gasteiger partial charge in [0.15, 0.2) is 0 Å². The van der Waals surface area contributed by atoms with E-state index in [1.165, 1.54) is 6.20 Å². The van der Waals surface area contributed by atoms with E-state index in [1.807, 2.05) is 6.92 Å². The lowest BCUT2D eigenvalue weighted by Crippen LogP contribution is -2.41. The number of rotatable bonds is 4. The largest absolute Gasteiger partial charge is 0.315 e. The smallest absolute Gasteiger partial charge is 0.236 e. The van der Waals surface area contributed by atoms with E-state index in [1.54, 1.807) is 10.9 Å². The van der Waals surface area contributed by atoms with Gasteiger partial charge in [0, 0.05) is 19.3 Å². The first-order valence-corrected chi connectivity index (χ1v) is 7.41. The van der Waals surface area contributed by atoms with Gasteiger partial charge in [0.25, 0.3) is 0 Å². The maximum Gasteiger partial charge on any atom is 0.236 e. The Morgan fingerprint density at radius 1 is 1.65 bits per heavy atom. The fourth-order valence-electron chi connectivity index (χ4n) is 1.92. The Kier molecular flexibility index (Phi) is 3.68. The Balaban J connectivity index is 2.05. The van der Waals surface area contributed by atoms with Crippen molar-refractivity contribution in [3.05, 3.63) is 12.4 Å². The Morgan fingerprint density at radius 2 is 2.47 bits per heavy atom. The summed E-state index contributed by atoms with van der Waals surface area (Å²) in [5.74, 6) is 0. The lowest BCUT2D eigenvalue weighted by Gasteiger charge is -2.22. The standard InChI is InChI=1S/C10H18N4O2S/c1-2-14-8-9(6-12-14)13-17(15,16)10-4-3-5-11-7-10/h6,8,10-11,13H,2-5,7H2,1H3. The van der Waals surface area contributed by atoms with Crippen LogP contribution < -0.4 is 10.0 Å². The molecular weight excluding hydrogens is 240 g/mol. The van der Waals surface area contributed by atoms with E-state index in [9.17, 15) is 8.42 Å². The van der Waals surface area contributed by atoms with Crippen LogP contribution in [0.2, 0.25) is 0 Å². The lowest BCUT2D eigenvalue weighted by molar-refractivity contribution is 0.499. The SMILES string of the molecule is CCn1cc(NS(=O)(=O)C2CCCNC2)cn1. The molecule has 1 aromatic heterocycles. The lowest BCUT2D eigenvalue weighted by atomic mass is 10.2. The first-order valence-electron chi connectivity index (χ1n) is 5.86. The molecule has 1 unspecified atom stereocenters. The fourth-order valence-corrected chi connectivity index (χ4v) is 3.34. The summed E-state index contributed by atoms with van der Waals surface area (Å²) in [6, 6.07) is 0. The summed E-state index contributed by atoms with van der Waals surface area (Å²) in [6.45, 7) is 4.11. The number of aromatic nitrogens is 2. The molecule has 96 valence electrons. The second-order valence-electron chi connectivity index (χ2n) is 4.20. The van der Waals surface area contributed by atoms with Crippen LogP contribution in [-0.2, 0) is 16.6 Å². The predicted octanol–water partition coefficient (Wildman–Crippen LogP) is 0.397. The van der Waals surface area contributed by atoms with Crippen molar-refractivity contribution in [2.75, 3.05) is 17.8 Å². The minimum atomic E-state index is -3.30. The number of nitrogens with one attached hydrogen (secondary N) is 2. The number of hydrogen-bond donors (Lipinski definition) is 2. The molecule has 17 heavy (non-hydrogen) atoms. The fraction of sp³-hybridized carbons (Fsp3) is 0.700. The number of sulfonamides is 1. The monoisotopic (exact) mass is 258 g/mol. The average molecular weight is 258 g/mol. The highest BCUT2D eigenvalue weighted by Crippen LogP contribution is 2.15. The summed E-state index contributed by atoms with van der Waals surface area (Å²) in [5, 5.41) is 6.80. The maximum absolute atomic E-state index is 12.1. The summed E-state index contributed by atoms with van der Waals surface area (Å²) in [4.78, 5) is 0. The van der Waals surface area contributed by atoms with Crippen LogP contribution >= 0.6 is 0 Å². The van der Waals surface area contributed by atoms with E-state index >= 15 is 0 Å². The summed E-state index contributed by atoms with van der Waals surface area (Å²) in [6.07, 6.45) is 4.86. The van der Waals surface area contributed by atoms with Gasteiger partial charge in [-0.3, -0.25) is 9.40 Å². The van der Waals surface area contributed by atoms with Crippen molar-refractivity contribution in [3.8, 4) is 0 Å². The molecule has 1 saturated heterocycles. The Hall–Kier alpha value is -1.08. The van der Waals surface area contributed by atoms with Crippen LogP contribution in [0.3, 0.4) is 0 Å². The zero-order valence-corrected chi connectivity index (χ0v) is 10.7. The van der Waals surface area contributed by atoms with Crippen LogP contribution in [-0.4, -0.2) is 36.5 Å². The number of hydrogen-bond acceptors (Lipinski definition) is 4. The van der Waals surface area contributed by atoms with E-state index in [2.05, 4.69) is 15.1 Å². The number of anilines is 1. The minimum Gasteiger partial charge on any atom is -0.315 e. The molecule has 0 radical (unpaired) electrons. The van der Waals surface area contributed by atoms with Gasteiger partial charge in [-0.1, -0.05) is 0 Å². The van der Waals surface area contributed by atoms with Gasteiger partial charge >= 0.3 is 0 Å². The van der Waals surface area contributed by atoms with Crippen molar-refractivity contribution >= 4 is 15.7 Å². The zero-order valence-electron chi connectivity index (χ0n) is 9.89. The summed E-state index contributed by atoms with van der Waals surface area (Å²) >= 11 is 0. The van der Waals surface area contributed by atoms with Crippen molar-refractivity contribution in [1.82, 2.24) is 15.1 Å². The third kappa shape index (κ3) is 2.98. The van der Waals surface area contributed by atoms with Crippen LogP contribution in [0.1, 0.15) is 19.8 Å². The molecular formula is C10H18N4O2S. The van der Waals surface area contributed by atoms with Crippen molar-refractivity contribution in [2.24, 2.45) is 0 Å². The van der Waals surface area contributed by atoms with E-state index in [-0.39, 0.29) is 5.25 Å².